The Morgan fingerprint density at radius 2 is 1.80 bits per heavy atom. The van der Waals surface area contributed by atoms with Crippen molar-refractivity contribution >= 4 is 17.8 Å². The molecule has 0 atom stereocenters. The second-order valence-corrected chi connectivity index (χ2v) is 7.79. The van der Waals surface area contributed by atoms with Gasteiger partial charge in [0.25, 0.3) is 5.56 Å². The minimum Gasteiger partial charge on any atom is -0.444 e. The second-order valence-electron chi connectivity index (χ2n) is 7.79. The first-order chi connectivity index (χ1) is 11.5. The molecule has 0 unspecified atom stereocenters. The molecule has 7 heteroatoms. The van der Waals surface area contributed by atoms with Crippen molar-refractivity contribution in [2.75, 3.05) is 18.4 Å². The van der Waals surface area contributed by atoms with Gasteiger partial charge in [0.2, 0.25) is 5.91 Å². The van der Waals surface area contributed by atoms with Crippen LogP contribution in [0.25, 0.3) is 0 Å². The maximum atomic E-state index is 12.7. The summed E-state index contributed by atoms with van der Waals surface area (Å²) in [7, 11) is 1.62. The second kappa shape index (κ2) is 6.90. The maximum absolute atomic E-state index is 12.7. The number of amides is 2. The fraction of sp³-hybridized carbons (Fsp3) is 0.611. The van der Waals surface area contributed by atoms with Crippen LogP contribution in [-0.2, 0) is 16.6 Å². The predicted octanol–water partition coefficient (Wildman–Crippen LogP) is 2.36. The Bertz CT molecular complexity index is 710. The number of ether oxygens (including phenoxy) is 1. The lowest BCUT2D eigenvalue weighted by Crippen LogP contribution is -2.48. The zero-order valence-corrected chi connectivity index (χ0v) is 15.6. The lowest BCUT2D eigenvalue weighted by atomic mass is 9.79. The normalized spacial score (nSPS) is 17.1. The number of carbonyl (C=O) groups is 2. The van der Waals surface area contributed by atoms with Gasteiger partial charge in [-0.3, -0.25) is 14.2 Å². The summed E-state index contributed by atoms with van der Waals surface area (Å²) in [5.74, 6) is 0.325. The van der Waals surface area contributed by atoms with Crippen LogP contribution in [0.4, 0.5) is 10.6 Å². The molecule has 1 fully saturated rings. The van der Waals surface area contributed by atoms with E-state index in [0.717, 1.165) is 0 Å². The molecule has 0 radical (unpaired) electrons. The van der Waals surface area contributed by atoms with Gasteiger partial charge in [0.1, 0.15) is 11.4 Å². The van der Waals surface area contributed by atoms with Gasteiger partial charge in [0, 0.05) is 26.2 Å². The molecule has 0 bridgehead atoms. The van der Waals surface area contributed by atoms with Crippen LogP contribution in [0.1, 0.15) is 40.5 Å². The smallest absolute Gasteiger partial charge is 0.410 e. The molecule has 0 aromatic carbocycles. The minimum atomic E-state index is -0.593. The highest BCUT2D eigenvalue weighted by molar-refractivity contribution is 5.94. The van der Waals surface area contributed by atoms with Crippen LogP contribution in [0, 0.1) is 5.41 Å². The van der Waals surface area contributed by atoms with Crippen LogP contribution in [0.5, 0.6) is 0 Å². The number of pyridine rings is 1. The summed E-state index contributed by atoms with van der Waals surface area (Å²) < 4.78 is 6.78. The van der Waals surface area contributed by atoms with Crippen LogP contribution in [-0.4, -0.2) is 40.2 Å². The van der Waals surface area contributed by atoms with Crippen LogP contribution in [0.2, 0.25) is 0 Å². The van der Waals surface area contributed by atoms with E-state index in [1.165, 1.54) is 10.6 Å². The topological polar surface area (TPSA) is 80.6 Å². The van der Waals surface area contributed by atoms with Crippen molar-refractivity contribution < 1.29 is 14.3 Å². The Morgan fingerprint density at radius 1 is 1.20 bits per heavy atom. The van der Waals surface area contributed by atoms with E-state index in [9.17, 15) is 14.4 Å². The number of nitrogens with one attached hydrogen (secondary N) is 1. The number of hydrogen-bond acceptors (Lipinski definition) is 4. The molecule has 1 aliphatic rings. The molecule has 7 nitrogen and oxygen atoms in total. The third kappa shape index (κ3) is 4.61. The summed E-state index contributed by atoms with van der Waals surface area (Å²) in [5, 5.41) is 2.83. The fourth-order valence-corrected chi connectivity index (χ4v) is 2.69. The van der Waals surface area contributed by atoms with E-state index in [4.69, 9.17) is 4.74 Å². The lowest BCUT2D eigenvalue weighted by molar-refractivity contribution is -0.127. The van der Waals surface area contributed by atoms with Crippen LogP contribution in [0.15, 0.2) is 23.0 Å². The Kier molecular flexibility index (Phi) is 5.25. The standard InChI is InChI=1S/C18H27N3O4/c1-17(2,3)25-16(24)21-11-9-18(4,10-12-21)15(23)19-13-7-6-8-14(22)20(13)5/h6-8H,9-12H2,1-5H3,(H,19,23). The first-order valence-electron chi connectivity index (χ1n) is 8.47. The first kappa shape index (κ1) is 19.0. The zero-order chi connectivity index (χ0) is 18.8. The Hall–Kier alpha value is -2.31. The SMILES string of the molecule is Cn1c(NC(=O)C2(C)CCN(C(=O)OC(C)(C)C)CC2)cccc1=O. The van der Waals surface area contributed by atoms with E-state index in [1.807, 2.05) is 27.7 Å². The highest BCUT2D eigenvalue weighted by atomic mass is 16.6. The average Bonchev–Trinajstić information content (AvgIpc) is 2.50. The Balaban J connectivity index is 1.99. The highest BCUT2D eigenvalue weighted by Crippen LogP contribution is 2.32. The molecule has 25 heavy (non-hydrogen) atoms. The van der Waals surface area contributed by atoms with Crippen molar-refractivity contribution in [3.63, 3.8) is 0 Å². The van der Waals surface area contributed by atoms with Gasteiger partial charge in [0.15, 0.2) is 0 Å². The number of carbonyl (C=O) groups excluding carboxylic acids is 2. The van der Waals surface area contributed by atoms with E-state index in [1.54, 1.807) is 24.1 Å². The average molecular weight is 349 g/mol. The van der Waals surface area contributed by atoms with E-state index >= 15 is 0 Å². The van der Waals surface area contributed by atoms with Crippen molar-refractivity contribution in [3.8, 4) is 0 Å². The van der Waals surface area contributed by atoms with E-state index in [-0.39, 0.29) is 17.6 Å². The number of rotatable bonds is 2. The molecule has 138 valence electrons. The summed E-state index contributed by atoms with van der Waals surface area (Å²) >= 11 is 0. The molecule has 2 heterocycles. The van der Waals surface area contributed by atoms with Crippen LogP contribution < -0.4 is 10.9 Å². The molecule has 0 saturated carbocycles. The molecule has 1 aliphatic heterocycles. The van der Waals surface area contributed by atoms with Crippen molar-refractivity contribution in [1.82, 2.24) is 9.47 Å². The van der Waals surface area contributed by atoms with Crippen molar-refractivity contribution in [2.45, 2.75) is 46.1 Å². The summed E-state index contributed by atoms with van der Waals surface area (Å²) in [5.41, 5.74) is -1.31. The molecule has 2 amide bonds. The lowest BCUT2D eigenvalue weighted by Gasteiger charge is -2.38. The van der Waals surface area contributed by atoms with Gasteiger partial charge in [-0.2, -0.15) is 0 Å². The van der Waals surface area contributed by atoms with Crippen LogP contribution in [0.3, 0.4) is 0 Å². The van der Waals surface area contributed by atoms with Crippen LogP contribution >= 0.6 is 0 Å². The van der Waals surface area contributed by atoms with Gasteiger partial charge in [-0.1, -0.05) is 13.0 Å². The van der Waals surface area contributed by atoms with Crippen molar-refractivity contribution in [2.24, 2.45) is 12.5 Å². The highest BCUT2D eigenvalue weighted by Gasteiger charge is 2.39. The van der Waals surface area contributed by atoms with Gasteiger partial charge in [0.05, 0.1) is 5.41 Å². The minimum absolute atomic E-state index is 0.141. The Labute approximate surface area is 148 Å². The molecular weight excluding hydrogens is 322 g/mol. The molecule has 0 spiro atoms. The Morgan fingerprint density at radius 3 is 2.36 bits per heavy atom. The van der Waals surface area contributed by atoms with Gasteiger partial charge in [-0.05, 0) is 39.7 Å². The molecular formula is C18H27N3O4. The summed E-state index contributed by atoms with van der Waals surface area (Å²) in [6.45, 7) is 8.30. The summed E-state index contributed by atoms with van der Waals surface area (Å²) in [4.78, 5) is 38.1. The van der Waals surface area contributed by atoms with E-state index in [2.05, 4.69) is 5.32 Å². The van der Waals surface area contributed by atoms with E-state index in [0.29, 0.717) is 31.7 Å². The molecule has 1 saturated heterocycles. The molecule has 1 aromatic rings. The third-order valence-corrected chi connectivity index (χ3v) is 4.49. The fourth-order valence-electron chi connectivity index (χ4n) is 2.69. The predicted molar refractivity (Wildman–Crippen MR) is 95.5 cm³/mol. The van der Waals surface area contributed by atoms with Gasteiger partial charge < -0.3 is 15.0 Å². The quantitative estimate of drug-likeness (QED) is 0.889. The monoisotopic (exact) mass is 349 g/mol. The van der Waals surface area contributed by atoms with Crippen molar-refractivity contribution in [1.29, 1.82) is 0 Å². The number of hydrogen-bond donors (Lipinski definition) is 1. The number of nitrogens with zero attached hydrogens (tertiary/aromatic N) is 2. The third-order valence-electron chi connectivity index (χ3n) is 4.49. The molecule has 0 aliphatic carbocycles. The van der Waals surface area contributed by atoms with Gasteiger partial charge in [-0.25, -0.2) is 4.79 Å². The molecule has 2 rings (SSSR count). The molecule has 1 N–H and O–H groups in total. The zero-order valence-electron chi connectivity index (χ0n) is 15.6. The molecule has 1 aromatic heterocycles. The maximum Gasteiger partial charge on any atom is 0.410 e. The number of anilines is 1. The van der Waals surface area contributed by atoms with Gasteiger partial charge >= 0.3 is 6.09 Å². The number of aromatic nitrogens is 1. The number of likely N-dealkylation sites (tertiary alicyclic amines) is 1. The van der Waals surface area contributed by atoms with Gasteiger partial charge in [-0.15, -0.1) is 0 Å². The van der Waals surface area contributed by atoms with E-state index < -0.39 is 11.0 Å². The summed E-state index contributed by atoms with van der Waals surface area (Å²) in [6.07, 6.45) is 0.734. The first-order valence-corrected chi connectivity index (χ1v) is 8.47. The largest absolute Gasteiger partial charge is 0.444 e. The number of piperidine rings is 1. The van der Waals surface area contributed by atoms with Crippen molar-refractivity contribution in [3.05, 3.63) is 28.6 Å². The summed E-state index contributed by atoms with van der Waals surface area (Å²) in [6, 6.07) is 4.75.